The lowest BCUT2D eigenvalue weighted by molar-refractivity contribution is -0.126. The molecule has 0 aromatic carbocycles. The fraction of sp³-hybridized carbons (Fsp3) is 0.933. The van der Waals surface area contributed by atoms with Gasteiger partial charge in [-0.15, -0.1) is 24.8 Å². The number of carbonyl (C=O) groups excluding carboxylic acids is 1. The average molecular weight is 338 g/mol. The maximum atomic E-state index is 12.2. The predicted molar refractivity (Wildman–Crippen MR) is 90.4 cm³/mol. The maximum Gasteiger partial charge on any atom is 0.224 e. The fourth-order valence-electron chi connectivity index (χ4n) is 3.32. The van der Waals surface area contributed by atoms with Crippen LogP contribution in [0.3, 0.4) is 0 Å². The predicted octanol–water partition coefficient (Wildman–Crippen LogP) is 1.82. The van der Waals surface area contributed by atoms with Gasteiger partial charge in [0, 0.05) is 32.2 Å². The average Bonchev–Trinajstić information content (AvgIpc) is 3.26. The molecule has 0 bridgehead atoms. The Morgan fingerprint density at radius 2 is 1.81 bits per heavy atom. The lowest BCUT2D eigenvalue weighted by atomic mass is 9.97. The van der Waals surface area contributed by atoms with Gasteiger partial charge in [0.05, 0.1) is 5.92 Å². The summed E-state index contributed by atoms with van der Waals surface area (Å²) >= 11 is 0. The smallest absolute Gasteiger partial charge is 0.224 e. The Labute approximate surface area is 140 Å². The highest BCUT2D eigenvalue weighted by atomic mass is 35.5. The largest absolute Gasteiger partial charge is 0.353 e. The molecule has 0 radical (unpaired) electrons. The van der Waals surface area contributed by atoms with Crippen LogP contribution in [-0.4, -0.2) is 49.6 Å². The van der Waals surface area contributed by atoms with Gasteiger partial charge in [-0.05, 0) is 51.0 Å². The zero-order chi connectivity index (χ0) is 13.1. The van der Waals surface area contributed by atoms with E-state index in [1.54, 1.807) is 0 Å². The number of hydrogen-bond acceptors (Lipinski definition) is 3. The molecule has 4 nitrogen and oxygen atoms in total. The van der Waals surface area contributed by atoms with Gasteiger partial charge in [-0.1, -0.05) is 0 Å². The number of nitrogens with one attached hydrogen (secondary N) is 2. The van der Waals surface area contributed by atoms with Crippen molar-refractivity contribution in [1.82, 2.24) is 15.5 Å². The minimum Gasteiger partial charge on any atom is -0.353 e. The van der Waals surface area contributed by atoms with E-state index in [-0.39, 0.29) is 36.6 Å². The van der Waals surface area contributed by atoms with Crippen LogP contribution in [-0.2, 0) is 4.79 Å². The molecule has 2 saturated heterocycles. The van der Waals surface area contributed by atoms with Gasteiger partial charge in [-0.2, -0.15) is 0 Å². The lowest BCUT2D eigenvalue weighted by Crippen LogP contribution is -2.48. The normalized spacial score (nSPS) is 27.3. The maximum absolute atomic E-state index is 12.2. The summed E-state index contributed by atoms with van der Waals surface area (Å²) < 4.78 is 0. The third-order valence-electron chi connectivity index (χ3n) is 4.81. The van der Waals surface area contributed by atoms with Crippen molar-refractivity contribution >= 4 is 30.7 Å². The van der Waals surface area contributed by atoms with Crippen molar-refractivity contribution < 1.29 is 4.79 Å². The molecule has 2 N–H and O–H groups in total. The SMILES string of the molecule is Cl.Cl.O=C(NC1CCN(CC2CC2)CC1)C1CCCNC1. The van der Waals surface area contributed by atoms with Crippen LogP contribution in [0.5, 0.6) is 0 Å². The molecule has 1 saturated carbocycles. The van der Waals surface area contributed by atoms with Gasteiger partial charge in [-0.3, -0.25) is 4.79 Å². The van der Waals surface area contributed by atoms with E-state index >= 15 is 0 Å². The summed E-state index contributed by atoms with van der Waals surface area (Å²) in [7, 11) is 0. The number of piperidine rings is 2. The topological polar surface area (TPSA) is 44.4 Å². The van der Waals surface area contributed by atoms with E-state index in [1.165, 1.54) is 32.5 Å². The van der Waals surface area contributed by atoms with E-state index in [2.05, 4.69) is 15.5 Å². The summed E-state index contributed by atoms with van der Waals surface area (Å²) in [5, 5.41) is 6.59. The second-order valence-electron chi connectivity index (χ2n) is 6.57. The molecule has 1 atom stereocenters. The first kappa shape index (κ1) is 19.0. The Balaban J connectivity index is 0.00000110. The molecule has 3 fully saturated rings. The van der Waals surface area contributed by atoms with Gasteiger partial charge in [0.1, 0.15) is 0 Å². The van der Waals surface area contributed by atoms with Crippen LogP contribution < -0.4 is 10.6 Å². The Morgan fingerprint density at radius 1 is 1.10 bits per heavy atom. The van der Waals surface area contributed by atoms with Crippen molar-refractivity contribution in [3.05, 3.63) is 0 Å². The number of nitrogens with zero attached hydrogens (tertiary/aromatic N) is 1. The van der Waals surface area contributed by atoms with Crippen molar-refractivity contribution in [2.24, 2.45) is 11.8 Å². The fourth-order valence-corrected chi connectivity index (χ4v) is 3.32. The van der Waals surface area contributed by atoms with Gasteiger partial charge in [0.15, 0.2) is 0 Å². The number of amides is 1. The summed E-state index contributed by atoms with van der Waals surface area (Å²) in [6.45, 7) is 5.58. The lowest BCUT2D eigenvalue weighted by Gasteiger charge is -2.33. The second kappa shape index (κ2) is 9.19. The molecule has 0 aromatic rings. The van der Waals surface area contributed by atoms with Crippen LogP contribution >= 0.6 is 24.8 Å². The second-order valence-corrected chi connectivity index (χ2v) is 6.57. The highest BCUT2D eigenvalue weighted by Crippen LogP contribution is 2.30. The van der Waals surface area contributed by atoms with Crippen LogP contribution in [0.1, 0.15) is 38.5 Å². The number of halogens is 2. The number of hydrogen-bond donors (Lipinski definition) is 2. The molecule has 21 heavy (non-hydrogen) atoms. The zero-order valence-corrected chi connectivity index (χ0v) is 14.3. The molecule has 1 aliphatic carbocycles. The van der Waals surface area contributed by atoms with E-state index in [0.717, 1.165) is 44.7 Å². The minimum atomic E-state index is 0. The number of rotatable bonds is 4. The van der Waals surface area contributed by atoms with Crippen molar-refractivity contribution in [1.29, 1.82) is 0 Å². The Morgan fingerprint density at radius 3 is 2.38 bits per heavy atom. The molecular weight excluding hydrogens is 309 g/mol. The monoisotopic (exact) mass is 337 g/mol. The summed E-state index contributed by atoms with van der Waals surface area (Å²) in [5.74, 6) is 1.48. The van der Waals surface area contributed by atoms with Gasteiger partial charge >= 0.3 is 0 Å². The van der Waals surface area contributed by atoms with Crippen molar-refractivity contribution in [2.75, 3.05) is 32.7 Å². The first-order valence-corrected chi connectivity index (χ1v) is 8.05. The molecule has 6 heteroatoms. The Hall–Kier alpha value is -0.0300. The third kappa shape index (κ3) is 5.93. The standard InChI is InChI=1S/C15H27N3O.2ClH/c19-15(13-2-1-7-16-10-13)17-14-5-8-18(9-6-14)11-12-3-4-12;;/h12-14,16H,1-11H2,(H,17,19);2*1H. The van der Waals surface area contributed by atoms with E-state index in [0.29, 0.717) is 6.04 Å². The highest BCUT2D eigenvalue weighted by molar-refractivity contribution is 5.85. The Kier molecular flexibility index (Phi) is 8.32. The third-order valence-corrected chi connectivity index (χ3v) is 4.81. The molecule has 0 spiro atoms. The van der Waals surface area contributed by atoms with Crippen molar-refractivity contribution in [3.8, 4) is 0 Å². The molecule has 1 amide bonds. The van der Waals surface area contributed by atoms with Crippen LogP contribution in [0, 0.1) is 11.8 Å². The minimum absolute atomic E-state index is 0. The summed E-state index contributed by atoms with van der Waals surface area (Å²) in [6.07, 6.45) is 7.34. The summed E-state index contributed by atoms with van der Waals surface area (Å²) in [6, 6.07) is 0.421. The van der Waals surface area contributed by atoms with E-state index in [9.17, 15) is 4.79 Å². The molecule has 124 valence electrons. The molecule has 2 aliphatic heterocycles. The van der Waals surface area contributed by atoms with Crippen LogP contribution in [0.4, 0.5) is 0 Å². The molecule has 3 aliphatic rings. The van der Waals surface area contributed by atoms with Crippen molar-refractivity contribution in [2.45, 2.75) is 44.6 Å². The molecular formula is C15H29Cl2N3O. The van der Waals surface area contributed by atoms with E-state index < -0.39 is 0 Å². The number of likely N-dealkylation sites (tertiary alicyclic amines) is 1. The van der Waals surface area contributed by atoms with Gasteiger partial charge in [-0.25, -0.2) is 0 Å². The molecule has 2 heterocycles. The van der Waals surface area contributed by atoms with Gasteiger partial charge < -0.3 is 15.5 Å². The first-order valence-electron chi connectivity index (χ1n) is 8.05. The van der Waals surface area contributed by atoms with Gasteiger partial charge in [0.2, 0.25) is 5.91 Å². The van der Waals surface area contributed by atoms with Crippen molar-refractivity contribution in [3.63, 3.8) is 0 Å². The van der Waals surface area contributed by atoms with E-state index in [4.69, 9.17) is 0 Å². The van der Waals surface area contributed by atoms with Crippen LogP contribution in [0.25, 0.3) is 0 Å². The Bertz CT molecular complexity index is 312. The quantitative estimate of drug-likeness (QED) is 0.822. The summed E-state index contributed by atoms with van der Waals surface area (Å²) in [5.41, 5.74) is 0. The molecule has 1 unspecified atom stereocenters. The highest BCUT2D eigenvalue weighted by Gasteiger charge is 2.28. The van der Waals surface area contributed by atoms with Crippen LogP contribution in [0.15, 0.2) is 0 Å². The number of carbonyl (C=O) groups is 1. The van der Waals surface area contributed by atoms with Gasteiger partial charge in [0.25, 0.3) is 0 Å². The van der Waals surface area contributed by atoms with E-state index in [1.807, 2.05) is 0 Å². The van der Waals surface area contributed by atoms with Crippen LogP contribution in [0.2, 0.25) is 0 Å². The molecule has 0 aromatic heterocycles. The first-order chi connectivity index (χ1) is 9.31. The molecule has 3 rings (SSSR count). The zero-order valence-electron chi connectivity index (χ0n) is 12.7. The summed E-state index contributed by atoms with van der Waals surface area (Å²) in [4.78, 5) is 14.8.